The van der Waals surface area contributed by atoms with Crippen LogP contribution in [0.1, 0.15) is 12.8 Å². The minimum absolute atomic E-state index is 0.514. The van der Waals surface area contributed by atoms with E-state index in [9.17, 15) is 0 Å². The lowest BCUT2D eigenvalue weighted by atomic mass is 10.4. The third-order valence-electron chi connectivity index (χ3n) is 3.65. The fourth-order valence-corrected chi connectivity index (χ4v) is 2.29. The third-order valence-corrected chi connectivity index (χ3v) is 3.65. The van der Waals surface area contributed by atoms with Gasteiger partial charge in [-0.3, -0.25) is 4.57 Å². The first kappa shape index (κ1) is 12.2. The van der Waals surface area contributed by atoms with Crippen LogP contribution in [0.25, 0.3) is 11.2 Å². The van der Waals surface area contributed by atoms with E-state index in [-0.39, 0.29) is 0 Å². The smallest absolute Gasteiger partial charge is 0.215 e. The number of hydrogen-bond donors (Lipinski definition) is 1. The Balaban J connectivity index is 1.85. The summed E-state index contributed by atoms with van der Waals surface area (Å²) in [5.74, 6) is 1.10. The normalized spacial score (nSPS) is 15.3. The highest BCUT2D eigenvalue weighted by atomic mass is 16.5. The van der Waals surface area contributed by atoms with Gasteiger partial charge in [0.15, 0.2) is 5.65 Å². The molecule has 2 aromatic rings. The highest BCUT2D eigenvalue weighted by molar-refractivity contribution is 5.74. The lowest BCUT2D eigenvalue weighted by Gasteiger charge is -2.16. The van der Waals surface area contributed by atoms with Gasteiger partial charge in [-0.15, -0.1) is 0 Å². The van der Waals surface area contributed by atoms with E-state index in [2.05, 4.69) is 21.9 Å². The average Bonchev–Trinajstić information content (AvgIpc) is 3.20. The number of fused-ring (bicyclic) bond motifs is 1. The van der Waals surface area contributed by atoms with Crippen LogP contribution in [0, 0.1) is 0 Å². The Morgan fingerprint density at radius 2 is 2.21 bits per heavy atom. The fourth-order valence-electron chi connectivity index (χ4n) is 2.29. The molecule has 2 aromatic heterocycles. The Labute approximate surface area is 112 Å². The van der Waals surface area contributed by atoms with Crippen LogP contribution >= 0.6 is 0 Å². The number of nitrogens with two attached hydrogens (primary N) is 1. The van der Waals surface area contributed by atoms with Crippen LogP contribution in [0.2, 0.25) is 0 Å². The van der Waals surface area contributed by atoms with Crippen molar-refractivity contribution in [3.8, 4) is 5.88 Å². The summed E-state index contributed by atoms with van der Waals surface area (Å²) in [6.07, 6.45) is 2.62. The number of hydrogen-bond acceptors (Lipinski definition) is 5. The summed E-state index contributed by atoms with van der Waals surface area (Å²) in [5.41, 5.74) is 7.58. The first-order valence-electron chi connectivity index (χ1n) is 6.56. The molecule has 1 saturated carbocycles. The van der Waals surface area contributed by atoms with Crippen LogP contribution in [0.4, 0.5) is 5.95 Å². The van der Waals surface area contributed by atoms with Crippen molar-refractivity contribution in [2.24, 2.45) is 0 Å². The molecule has 19 heavy (non-hydrogen) atoms. The quantitative estimate of drug-likeness (QED) is 0.873. The number of rotatable bonds is 5. The van der Waals surface area contributed by atoms with E-state index in [4.69, 9.17) is 10.5 Å². The van der Waals surface area contributed by atoms with Crippen molar-refractivity contribution in [1.82, 2.24) is 19.4 Å². The van der Waals surface area contributed by atoms with Crippen molar-refractivity contribution < 1.29 is 4.74 Å². The van der Waals surface area contributed by atoms with Gasteiger partial charge in [0, 0.05) is 25.2 Å². The first-order chi connectivity index (χ1) is 9.19. The Hall–Kier alpha value is -1.82. The van der Waals surface area contributed by atoms with Crippen LogP contribution in [0.5, 0.6) is 5.88 Å². The second-order valence-corrected chi connectivity index (χ2v) is 5.03. The van der Waals surface area contributed by atoms with Gasteiger partial charge < -0.3 is 15.4 Å². The van der Waals surface area contributed by atoms with Crippen LogP contribution in [0.3, 0.4) is 0 Å². The Morgan fingerprint density at radius 3 is 2.89 bits per heavy atom. The number of ether oxygens (including phenoxy) is 1. The fraction of sp³-hybridized carbons (Fsp3) is 0.538. The molecule has 0 saturated heterocycles. The Bertz CT molecular complexity index is 590. The zero-order valence-electron chi connectivity index (χ0n) is 11.3. The Morgan fingerprint density at radius 1 is 1.42 bits per heavy atom. The summed E-state index contributed by atoms with van der Waals surface area (Å²) in [7, 11) is 3.76. The van der Waals surface area contributed by atoms with Crippen LogP contribution < -0.4 is 10.5 Å². The number of pyridine rings is 1. The van der Waals surface area contributed by atoms with Gasteiger partial charge in [-0.25, -0.2) is 4.98 Å². The summed E-state index contributed by atoms with van der Waals surface area (Å²) < 4.78 is 7.11. The topological polar surface area (TPSA) is 69.2 Å². The van der Waals surface area contributed by atoms with Gasteiger partial charge in [0.2, 0.25) is 11.8 Å². The highest BCUT2D eigenvalue weighted by Gasteiger charge is 2.25. The van der Waals surface area contributed by atoms with Crippen molar-refractivity contribution >= 4 is 17.1 Å². The van der Waals surface area contributed by atoms with Crippen molar-refractivity contribution in [1.29, 1.82) is 0 Å². The number of likely N-dealkylation sites (N-methyl/N-ethyl adjacent to an activating group) is 1. The third kappa shape index (κ3) is 2.35. The zero-order valence-corrected chi connectivity index (χ0v) is 11.3. The van der Waals surface area contributed by atoms with Crippen molar-refractivity contribution in [2.75, 3.05) is 26.4 Å². The maximum Gasteiger partial charge on any atom is 0.215 e. The highest BCUT2D eigenvalue weighted by Crippen LogP contribution is 2.25. The monoisotopic (exact) mass is 261 g/mol. The maximum atomic E-state index is 5.98. The standard InChI is InChI=1S/C13H19N5O/c1-17(9-3-4-9)7-8-18-12-10(15-13(18)14)5-6-11(16-12)19-2/h5-6,9H,3-4,7-8H2,1-2H3,(H2,14,15). The molecule has 0 aliphatic heterocycles. The number of nitrogen functional groups attached to an aromatic ring is 1. The van der Waals surface area contributed by atoms with Crippen LogP contribution in [-0.2, 0) is 6.54 Å². The second-order valence-electron chi connectivity index (χ2n) is 5.03. The first-order valence-corrected chi connectivity index (χ1v) is 6.56. The van der Waals surface area contributed by atoms with Gasteiger partial charge >= 0.3 is 0 Å². The number of imidazole rings is 1. The van der Waals surface area contributed by atoms with E-state index in [1.54, 1.807) is 13.2 Å². The van der Waals surface area contributed by atoms with Gasteiger partial charge in [-0.05, 0) is 26.0 Å². The van der Waals surface area contributed by atoms with Crippen molar-refractivity contribution in [3.05, 3.63) is 12.1 Å². The molecule has 6 nitrogen and oxygen atoms in total. The lowest BCUT2D eigenvalue weighted by molar-refractivity contribution is 0.311. The average molecular weight is 261 g/mol. The zero-order chi connectivity index (χ0) is 13.4. The van der Waals surface area contributed by atoms with Crippen molar-refractivity contribution in [3.63, 3.8) is 0 Å². The van der Waals surface area contributed by atoms with E-state index < -0.39 is 0 Å². The summed E-state index contributed by atoms with van der Waals surface area (Å²) >= 11 is 0. The molecule has 1 fully saturated rings. The molecule has 3 rings (SSSR count). The second kappa shape index (κ2) is 4.70. The molecular formula is C13H19N5O. The van der Waals surface area contributed by atoms with Gasteiger partial charge in [-0.1, -0.05) is 0 Å². The molecule has 2 heterocycles. The molecule has 0 radical (unpaired) electrons. The molecule has 0 atom stereocenters. The molecule has 6 heteroatoms. The summed E-state index contributed by atoms with van der Waals surface area (Å²) in [5, 5.41) is 0. The van der Waals surface area contributed by atoms with E-state index >= 15 is 0 Å². The number of aromatic nitrogens is 3. The molecule has 0 amide bonds. The number of methoxy groups -OCH3 is 1. The molecule has 2 N–H and O–H groups in total. The molecule has 102 valence electrons. The van der Waals surface area contributed by atoms with Crippen LogP contribution in [0.15, 0.2) is 12.1 Å². The number of anilines is 1. The van der Waals surface area contributed by atoms with Crippen molar-refractivity contribution in [2.45, 2.75) is 25.4 Å². The van der Waals surface area contributed by atoms with E-state index in [1.807, 2.05) is 10.6 Å². The predicted molar refractivity (Wildman–Crippen MR) is 74.1 cm³/mol. The molecule has 0 bridgehead atoms. The largest absolute Gasteiger partial charge is 0.481 e. The van der Waals surface area contributed by atoms with Gasteiger partial charge in [0.1, 0.15) is 5.52 Å². The summed E-state index contributed by atoms with van der Waals surface area (Å²) in [6, 6.07) is 4.44. The van der Waals surface area contributed by atoms with Gasteiger partial charge in [-0.2, -0.15) is 4.98 Å². The summed E-state index contributed by atoms with van der Waals surface area (Å²) in [4.78, 5) is 11.1. The minimum Gasteiger partial charge on any atom is -0.481 e. The summed E-state index contributed by atoms with van der Waals surface area (Å²) in [6.45, 7) is 1.76. The SMILES string of the molecule is COc1ccc2nc(N)n(CCN(C)C3CC3)c2n1. The van der Waals surface area contributed by atoms with Gasteiger partial charge in [0.25, 0.3) is 0 Å². The molecule has 0 unspecified atom stereocenters. The van der Waals surface area contributed by atoms with E-state index in [0.29, 0.717) is 11.8 Å². The Kier molecular flexibility index (Phi) is 3.02. The van der Waals surface area contributed by atoms with Crippen LogP contribution in [-0.4, -0.2) is 46.2 Å². The molecular weight excluding hydrogens is 242 g/mol. The molecule has 0 aromatic carbocycles. The van der Waals surface area contributed by atoms with E-state index in [1.165, 1.54) is 12.8 Å². The maximum absolute atomic E-state index is 5.98. The predicted octanol–water partition coefficient (Wildman–Crippen LogP) is 1.12. The van der Waals surface area contributed by atoms with E-state index in [0.717, 1.165) is 30.3 Å². The minimum atomic E-state index is 0.514. The van der Waals surface area contributed by atoms with Gasteiger partial charge in [0.05, 0.1) is 7.11 Å². The molecule has 0 spiro atoms. The lowest BCUT2D eigenvalue weighted by Crippen LogP contribution is -2.25. The molecule has 1 aliphatic carbocycles. The molecule has 1 aliphatic rings. The number of nitrogens with zero attached hydrogens (tertiary/aromatic N) is 4.